The highest BCUT2D eigenvalue weighted by molar-refractivity contribution is 7.54. The second-order valence-corrected chi connectivity index (χ2v) is 9.26. The first-order valence-corrected chi connectivity index (χ1v) is 11.0. The Bertz CT molecular complexity index is 1070. The van der Waals surface area contributed by atoms with E-state index in [9.17, 15) is 4.57 Å². The molecule has 1 aliphatic carbocycles. The van der Waals surface area contributed by atoms with E-state index in [-0.39, 0.29) is 0 Å². The predicted octanol–water partition coefficient (Wildman–Crippen LogP) is 5.86. The van der Waals surface area contributed by atoms with E-state index in [1.165, 1.54) is 36.5 Å². The summed E-state index contributed by atoms with van der Waals surface area (Å²) in [6.07, 6.45) is 0.886. The Labute approximate surface area is 171 Å². The lowest BCUT2D eigenvalue weighted by Crippen LogP contribution is -2.14. The summed E-state index contributed by atoms with van der Waals surface area (Å²) in [5, 5.41) is 3.38. The highest BCUT2D eigenvalue weighted by Gasteiger charge is 2.36. The van der Waals surface area contributed by atoms with Crippen LogP contribution in [0, 0.1) is 0 Å². The van der Waals surface area contributed by atoms with Gasteiger partial charge in [-0.3, -0.25) is 4.57 Å². The maximum absolute atomic E-state index is 13.3. The summed E-state index contributed by atoms with van der Waals surface area (Å²) in [4.78, 5) is 0. The van der Waals surface area contributed by atoms with E-state index in [4.69, 9.17) is 13.8 Å². The molecule has 0 saturated heterocycles. The third-order valence-electron chi connectivity index (χ3n) is 5.33. The van der Waals surface area contributed by atoms with Gasteiger partial charge in [-0.05, 0) is 58.5 Å². The number of ether oxygens (including phenoxy) is 1. The van der Waals surface area contributed by atoms with Crippen LogP contribution in [0.3, 0.4) is 0 Å². The zero-order valence-electron chi connectivity index (χ0n) is 16.7. The monoisotopic (exact) mass is 409 g/mol. The van der Waals surface area contributed by atoms with Crippen LogP contribution >= 0.6 is 7.60 Å². The topological polar surface area (TPSA) is 56.8 Å². The summed E-state index contributed by atoms with van der Waals surface area (Å²) in [7, 11) is 0.952. The van der Waals surface area contributed by atoms with E-state index < -0.39 is 13.4 Å². The minimum atomic E-state index is -3.45. The molecular formula is C23H24NO4P. The Morgan fingerprint density at radius 3 is 2.38 bits per heavy atom. The Morgan fingerprint density at radius 2 is 1.62 bits per heavy atom. The van der Waals surface area contributed by atoms with Crippen LogP contribution in [0.15, 0.2) is 66.7 Å². The largest absolute Gasteiger partial charge is 0.497 e. The van der Waals surface area contributed by atoms with Crippen molar-refractivity contribution in [2.45, 2.75) is 12.2 Å². The van der Waals surface area contributed by atoms with Gasteiger partial charge in [-0.1, -0.05) is 42.5 Å². The van der Waals surface area contributed by atoms with E-state index >= 15 is 0 Å². The van der Waals surface area contributed by atoms with Gasteiger partial charge >= 0.3 is 7.60 Å². The van der Waals surface area contributed by atoms with Crippen LogP contribution in [-0.4, -0.2) is 21.3 Å². The number of anilines is 1. The first-order valence-electron chi connectivity index (χ1n) is 9.41. The van der Waals surface area contributed by atoms with E-state index in [1.54, 1.807) is 7.11 Å². The molecule has 6 heteroatoms. The van der Waals surface area contributed by atoms with Gasteiger partial charge in [-0.25, -0.2) is 0 Å². The fourth-order valence-corrected chi connectivity index (χ4v) is 5.24. The molecule has 0 heterocycles. The van der Waals surface area contributed by atoms with Crippen LogP contribution in [0.4, 0.5) is 5.69 Å². The van der Waals surface area contributed by atoms with Crippen LogP contribution in [0.1, 0.15) is 22.5 Å². The number of fused-ring (bicyclic) bond motifs is 3. The Hall–Kier alpha value is -2.59. The van der Waals surface area contributed by atoms with E-state index in [0.29, 0.717) is 5.75 Å². The molecule has 0 fully saturated rings. The van der Waals surface area contributed by atoms with Gasteiger partial charge in [0.25, 0.3) is 0 Å². The summed E-state index contributed by atoms with van der Waals surface area (Å²) in [5.74, 6) is 0.00638. The molecule has 29 heavy (non-hydrogen) atoms. The van der Waals surface area contributed by atoms with Crippen LogP contribution in [0.5, 0.6) is 5.75 Å². The van der Waals surface area contributed by atoms with Crippen LogP contribution in [0.2, 0.25) is 0 Å². The average molecular weight is 409 g/mol. The van der Waals surface area contributed by atoms with Crippen molar-refractivity contribution in [1.82, 2.24) is 0 Å². The van der Waals surface area contributed by atoms with Gasteiger partial charge in [-0.15, -0.1) is 0 Å². The molecule has 150 valence electrons. The molecule has 0 radical (unpaired) electrons. The van der Waals surface area contributed by atoms with Crippen LogP contribution in [0.25, 0.3) is 11.1 Å². The minimum Gasteiger partial charge on any atom is -0.497 e. The van der Waals surface area contributed by atoms with E-state index in [1.807, 2.05) is 30.3 Å². The maximum atomic E-state index is 13.3. The van der Waals surface area contributed by atoms with Gasteiger partial charge in [0, 0.05) is 19.9 Å². The zero-order chi connectivity index (χ0) is 20.4. The van der Waals surface area contributed by atoms with Crippen molar-refractivity contribution in [3.63, 3.8) is 0 Å². The predicted molar refractivity (Wildman–Crippen MR) is 116 cm³/mol. The van der Waals surface area contributed by atoms with Crippen molar-refractivity contribution in [2.24, 2.45) is 0 Å². The molecule has 1 aliphatic rings. The number of nitrogens with one attached hydrogen (secondary N) is 1. The van der Waals surface area contributed by atoms with Gasteiger partial charge in [0.05, 0.1) is 7.11 Å². The van der Waals surface area contributed by atoms with Crippen molar-refractivity contribution in [3.05, 3.63) is 83.4 Å². The fourth-order valence-electron chi connectivity index (χ4n) is 3.83. The number of benzene rings is 3. The third kappa shape index (κ3) is 3.69. The molecule has 0 spiro atoms. The molecule has 0 amide bonds. The quantitative estimate of drug-likeness (QED) is 0.387. The fraction of sp³-hybridized carbons (Fsp3) is 0.217. The zero-order valence-corrected chi connectivity index (χ0v) is 17.6. The Balaban J connectivity index is 1.70. The van der Waals surface area contributed by atoms with E-state index in [0.717, 1.165) is 17.7 Å². The smallest absolute Gasteiger partial charge is 0.356 e. The second-order valence-electron chi connectivity index (χ2n) is 6.93. The first-order chi connectivity index (χ1) is 14.1. The van der Waals surface area contributed by atoms with Gasteiger partial charge in [0.1, 0.15) is 5.75 Å². The lowest BCUT2D eigenvalue weighted by Gasteiger charge is -2.27. The molecule has 3 aromatic carbocycles. The van der Waals surface area contributed by atoms with Gasteiger partial charge in [-0.2, -0.15) is 0 Å². The van der Waals surface area contributed by atoms with Crippen molar-refractivity contribution >= 4 is 13.3 Å². The molecule has 4 rings (SSSR count). The molecule has 5 nitrogen and oxygen atoms in total. The highest BCUT2D eigenvalue weighted by atomic mass is 31.2. The molecule has 3 aromatic rings. The molecule has 1 atom stereocenters. The molecule has 1 unspecified atom stereocenters. The molecule has 0 aromatic heterocycles. The summed E-state index contributed by atoms with van der Waals surface area (Å²) < 4.78 is 29.3. The lowest BCUT2D eigenvalue weighted by molar-refractivity contribution is 0.268. The minimum absolute atomic E-state index is 0.672. The van der Waals surface area contributed by atoms with Crippen molar-refractivity contribution < 1.29 is 18.3 Å². The highest BCUT2D eigenvalue weighted by Crippen LogP contribution is 2.60. The Kier molecular flexibility index (Phi) is 5.46. The van der Waals surface area contributed by atoms with Crippen LogP contribution < -0.4 is 10.1 Å². The van der Waals surface area contributed by atoms with Crippen molar-refractivity contribution in [1.29, 1.82) is 0 Å². The lowest BCUT2D eigenvalue weighted by atomic mass is 10.1. The third-order valence-corrected chi connectivity index (χ3v) is 7.41. The van der Waals surface area contributed by atoms with Gasteiger partial charge < -0.3 is 19.1 Å². The molecule has 0 bridgehead atoms. The maximum Gasteiger partial charge on any atom is 0.356 e. The summed E-state index contributed by atoms with van der Waals surface area (Å²) in [5.41, 5.74) is 6.70. The standard InChI is InChI=1S/C23H24NO4P/c1-26-20-9-6-8-17(15-20)23(29(25,27-2)28-3)24-19-11-12-22-18(14-19)13-16-7-4-5-10-21(16)22/h4-12,14-15,23-24H,13H2,1-3H3. The van der Waals surface area contributed by atoms with Crippen molar-refractivity contribution in [2.75, 3.05) is 26.6 Å². The second kappa shape index (κ2) is 8.03. The molecule has 0 aliphatic heterocycles. The number of hydrogen-bond donors (Lipinski definition) is 1. The van der Waals surface area contributed by atoms with Gasteiger partial charge in [0.2, 0.25) is 0 Å². The molecule has 1 N–H and O–H groups in total. The first kappa shape index (κ1) is 19.7. The summed E-state index contributed by atoms with van der Waals surface area (Å²) in [6.45, 7) is 0. The van der Waals surface area contributed by atoms with E-state index in [2.05, 4.69) is 41.7 Å². The molecular weight excluding hydrogens is 385 g/mol. The Morgan fingerprint density at radius 1 is 0.862 bits per heavy atom. The number of methoxy groups -OCH3 is 1. The van der Waals surface area contributed by atoms with Gasteiger partial charge in [0.15, 0.2) is 5.78 Å². The normalized spacial score (nSPS) is 13.5. The van der Waals surface area contributed by atoms with Crippen molar-refractivity contribution in [3.8, 4) is 16.9 Å². The average Bonchev–Trinajstić information content (AvgIpc) is 3.14. The molecule has 0 saturated carbocycles. The summed E-state index contributed by atoms with van der Waals surface area (Å²) >= 11 is 0. The number of hydrogen-bond acceptors (Lipinski definition) is 5. The number of rotatable bonds is 7. The SMILES string of the molecule is COc1cccc(C(Nc2ccc3c(c2)Cc2ccccc2-3)P(=O)(OC)OC)c1. The van der Waals surface area contributed by atoms with Crippen LogP contribution in [-0.2, 0) is 20.0 Å². The summed E-state index contributed by atoms with van der Waals surface area (Å²) in [6, 6.07) is 22.1.